The largest absolute Gasteiger partial charge is 0.388 e. The van der Waals surface area contributed by atoms with Crippen molar-refractivity contribution in [2.75, 3.05) is 25.0 Å². The zero-order chi connectivity index (χ0) is 14.6. The molecule has 0 spiro atoms. The van der Waals surface area contributed by atoms with Gasteiger partial charge in [0.05, 0.1) is 17.7 Å². The number of piperidine rings is 1. The molecule has 0 radical (unpaired) electrons. The van der Waals surface area contributed by atoms with E-state index in [1.807, 2.05) is 11.0 Å². The van der Waals surface area contributed by atoms with Crippen molar-refractivity contribution in [2.24, 2.45) is 0 Å². The molecule has 1 amide bonds. The summed E-state index contributed by atoms with van der Waals surface area (Å²) in [4.78, 5) is 17.5. The van der Waals surface area contributed by atoms with Crippen LogP contribution in [-0.4, -0.2) is 41.7 Å². The van der Waals surface area contributed by atoms with Gasteiger partial charge >= 0.3 is 0 Å². The molecular weight excluding hydrogens is 256 g/mol. The molecule has 1 fully saturated rings. The lowest BCUT2D eigenvalue weighted by Gasteiger charge is -2.40. The van der Waals surface area contributed by atoms with E-state index in [0.717, 1.165) is 13.0 Å². The highest BCUT2D eigenvalue weighted by molar-refractivity contribution is 5.76. The molecule has 1 atom stereocenters. The van der Waals surface area contributed by atoms with Crippen LogP contribution in [0.15, 0.2) is 18.3 Å². The van der Waals surface area contributed by atoms with Crippen LogP contribution in [0.25, 0.3) is 0 Å². The number of carbonyl (C=O) groups excluding carboxylic acids is 1. The Labute approximate surface area is 118 Å². The van der Waals surface area contributed by atoms with E-state index in [9.17, 15) is 9.90 Å². The Hall–Kier alpha value is -2.13. The Morgan fingerprint density at radius 3 is 3.20 bits per heavy atom. The monoisotopic (exact) mass is 274 g/mol. The summed E-state index contributed by atoms with van der Waals surface area (Å²) in [5.41, 5.74) is 0.00250. The van der Waals surface area contributed by atoms with Crippen LogP contribution >= 0.6 is 0 Å². The number of pyridine rings is 1. The molecule has 0 aromatic carbocycles. The molecule has 1 aromatic rings. The molecule has 1 aromatic heterocycles. The number of amides is 1. The minimum atomic E-state index is -1.05. The number of hydrogen-bond acceptors (Lipinski definition) is 5. The molecule has 2 N–H and O–H groups in total. The van der Waals surface area contributed by atoms with Gasteiger partial charge in [0.15, 0.2) is 5.69 Å². The van der Waals surface area contributed by atoms with Gasteiger partial charge in [-0.1, -0.05) is 0 Å². The van der Waals surface area contributed by atoms with Gasteiger partial charge in [0.2, 0.25) is 5.91 Å². The van der Waals surface area contributed by atoms with Gasteiger partial charge in [-0.25, -0.2) is 4.98 Å². The third-order valence-electron chi connectivity index (χ3n) is 3.56. The van der Waals surface area contributed by atoms with Gasteiger partial charge in [-0.05, 0) is 25.0 Å². The molecule has 1 aliphatic rings. The van der Waals surface area contributed by atoms with Crippen LogP contribution in [0.5, 0.6) is 0 Å². The molecule has 6 nitrogen and oxygen atoms in total. The Bertz CT molecular complexity index is 540. The first-order chi connectivity index (χ1) is 9.58. The Kier molecular flexibility index (Phi) is 4.20. The summed E-state index contributed by atoms with van der Waals surface area (Å²) < 4.78 is 0. The molecule has 6 heteroatoms. The summed E-state index contributed by atoms with van der Waals surface area (Å²) in [6.07, 6.45) is 3.00. The number of carbonyl (C=O) groups is 1. The number of β-amino-alcohol motifs (C(OH)–C–C–N with tert-alkyl or cyclic N) is 1. The van der Waals surface area contributed by atoms with Crippen molar-refractivity contribution in [3.8, 4) is 6.07 Å². The first-order valence-corrected chi connectivity index (χ1v) is 6.61. The van der Waals surface area contributed by atoms with E-state index >= 15 is 0 Å². The molecule has 1 aliphatic heterocycles. The Morgan fingerprint density at radius 2 is 2.50 bits per heavy atom. The summed E-state index contributed by atoms with van der Waals surface area (Å²) >= 11 is 0. The van der Waals surface area contributed by atoms with Crippen LogP contribution in [0.1, 0.15) is 25.0 Å². The van der Waals surface area contributed by atoms with Crippen molar-refractivity contribution < 1.29 is 9.90 Å². The highest BCUT2D eigenvalue weighted by atomic mass is 16.3. The molecule has 2 heterocycles. The van der Waals surface area contributed by atoms with E-state index in [-0.39, 0.29) is 12.3 Å². The van der Waals surface area contributed by atoms with Crippen molar-refractivity contribution in [3.63, 3.8) is 0 Å². The fraction of sp³-hybridized carbons (Fsp3) is 0.500. The van der Waals surface area contributed by atoms with Crippen LogP contribution in [0.4, 0.5) is 5.69 Å². The number of nitrogens with zero attached hydrogens (tertiary/aromatic N) is 3. The third-order valence-corrected chi connectivity index (χ3v) is 3.56. The van der Waals surface area contributed by atoms with Crippen LogP contribution in [0.2, 0.25) is 0 Å². The highest BCUT2D eigenvalue weighted by Crippen LogP contribution is 2.29. The quantitative estimate of drug-likeness (QED) is 0.834. The second kappa shape index (κ2) is 5.88. The van der Waals surface area contributed by atoms with E-state index < -0.39 is 5.60 Å². The molecule has 1 saturated heterocycles. The maximum atomic E-state index is 11.5. The molecule has 2 rings (SSSR count). The second-order valence-electron chi connectivity index (χ2n) is 5.08. The summed E-state index contributed by atoms with van der Waals surface area (Å²) in [5.74, 6) is -0.180. The lowest BCUT2D eigenvalue weighted by Crippen LogP contribution is -2.50. The van der Waals surface area contributed by atoms with E-state index in [1.54, 1.807) is 19.3 Å². The Morgan fingerprint density at radius 1 is 1.70 bits per heavy atom. The van der Waals surface area contributed by atoms with E-state index in [1.165, 1.54) is 0 Å². The fourth-order valence-corrected chi connectivity index (χ4v) is 2.59. The number of hydrogen-bond donors (Lipinski definition) is 2. The molecule has 1 unspecified atom stereocenters. The molecule has 0 saturated carbocycles. The molecule has 0 aliphatic carbocycles. The number of aromatic nitrogens is 1. The predicted octanol–water partition coefficient (Wildman–Crippen LogP) is 0.421. The number of anilines is 1. The third kappa shape index (κ3) is 3.06. The van der Waals surface area contributed by atoms with Gasteiger partial charge in [-0.2, -0.15) is 5.26 Å². The first kappa shape index (κ1) is 14.3. The summed E-state index contributed by atoms with van der Waals surface area (Å²) in [6, 6.07) is 5.64. The maximum Gasteiger partial charge on any atom is 0.222 e. The number of aliphatic hydroxyl groups is 1. The number of rotatable bonds is 3. The van der Waals surface area contributed by atoms with E-state index in [4.69, 9.17) is 5.26 Å². The van der Waals surface area contributed by atoms with Gasteiger partial charge in [0, 0.05) is 26.3 Å². The first-order valence-electron chi connectivity index (χ1n) is 6.61. The summed E-state index contributed by atoms with van der Waals surface area (Å²) in [7, 11) is 1.56. The molecule has 106 valence electrons. The number of nitriles is 1. The van der Waals surface area contributed by atoms with Gasteiger partial charge in [-0.15, -0.1) is 0 Å². The van der Waals surface area contributed by atoms with E-state index in [0.29, 0.717) is 24.3 Å². The normalized spacial score (nSPS) is 22.1. The summed E-state index contributed by atoms with van der Waals surface area (Å²) in [5, 5.41) is 22.2. The average Bonchev–Trinajstić information content (AvgIpc) is 2.46. The lowest BCUT2D eigenvalue weighted by molar-refractivity contribution is -0.125. The minimum Gasteiger partial charge on any atom is -0.388 e. The van der Waals surface area contributed by atoms with Crippen molar-refractivity contribution in [1.82, 2.24) is 10.3 Å². The standard InChI is InChI=1S/C14H18N4O2/c1-16-13(19)8-14(20)5-3-7-18(10-14)12-4-2-6-17-11(12)9-15/h2,4,6,20H,3,5,7-8,10H2,1H3,(H,16,19). The second-order valence-corrected chi connectivity index (χ2v) is 5.08. The number of nitrogens with one attached hydrogen (secondary N) is 1. The molecular formula is C14H18N4O2. The van der Waals surface area contributed by atoms with Crippen molar-refractivity contribution >= 4 is 11.6 Å². The average molecular weight is 274 g/mol. The lowest BCUT2D eigenvalue weighted by atomic mass is 9.89. The van der Waals surface area contributed by atoms with Crippen molar-refractivity contribution in [3.05, 3.63) is 24.0 Å². The van der Waals surface area contributed by atoms with E-state index in [2.05, 4.69) is 16.4 Å². The SMILES string of the molecule is CNC(=O)CC1(O)CCCN(c2cccnc2C#N)C1. The molecule has 20 heavy (non-hydrogen) atoms. The smallest absolute Gasteiger partial charge is 0.222 e. The predicted molar refractivity (Wildman–Crippen MR) is 74.0 cm³/mol. The van der Waals surface area contributed by atoms with Gasteiger partial charge in [0.1, 0.15) is 6.07 Å². The van der Waals surface area contributed by atoms with Crippen molar-refractivity contribution in [1.29, 1.82) is 5.26 Å². The van der Waals surface area contributed by atoms with Crippen LogP contribution in [0.3, 0.4) is 0 Å². The van der Waals surface area contributed by atoms with Crippen LogP contribution < -0.4 is 10.2 Å². The van der Waals surface area contributed by atoms with Gasteiger partial charge < -0.3 is 15.3 Å². The molecule has 0 bridgehead atoms. The van der Waals surface area contributed by atoms with Crippen LogP contribution in [-0.2, 0) is 4.79 Å². The minimum absolute atomic E-state index is 0.0716. The zero-order valence-electron chi connectivity index (χ0n) is 11.5. The topological polar surface area (TPSA) is 89.2 Å². The van der Waals surface area contributed by atoms with Gasteiger partial charge in [-0.3, -0.25) is 4.79 Å². The highest BCUT2D eigenvalue weighted by Gasteiger charge is 2.35. The summed E-state index contributed by atoms with van der Waals surface area (Å²) in [6.45, 7) is 1.08. The maximum absolute atomic E-state index is 11.5. The van der Waals surface area contributed by atoms with Gasteiger partial charge in [0.25, 0.3) is 0 Å². The Balaban J connectivity index is 2.18. The zero-order valence-corrected chi connectivity index (χ0v) is 11.5. The van der Waals surface area contributed by atoms with Crippen molar-refractivity contribution in [2.45, 2.75) is 24.9 Å². The fourth-order valence-electron chi connectivity index (χ4n) is 2.59. The van der Waals surface area contributed by atoms with Crippen LogP contribution in [0, 0.1) is 11.3 Å².